The average Bonchev–Trinajstić information content (AvgIpc) is 2.38. The molecule has 110 valence electrons. The summed E-state index contributed by atoms with van der Waals surface area (Å²) in [6.45, 7) is 5.87. The predicted molar refractivity (Wildman–Crippen MR) is 76.0 cm³/mol. The van der Waals surface area contributed by atoms with E-state index in [0.29, 0.717) is 30.8 Å². The second-order valence-electron chi connectivity index (χ2n) is 5.29. The molecule has 6 heteroatoms. The first-order valence-electron chi connectivity index (χ1n) is 6.51. The van der Waals surface area contributed by atoms with Gasteiger partial charge in [0.2, 0.25) is 0 Å². The van der Waals surface area contributed by atoms with Crippen LogP contribution in [-0.2, 0) is 4.74 Å². The number of nitrogens with one attached hydrogen (secondary N) is 1. The maximum absolute atomic E-state index is 11.4. The normalized spacial score (nSPS) is 12.1. The second kappa shape index (κ2) is 7.47. The summed E-state index contributed by atoms with van der Waals surface area (Å²) in [5, 5.41) is 14.9. The molecule has 1 amide bonds. The fraction of sp³-hybridized carbons (Fsp3) is 0.500. The molecule has 0 aromatic carbocycles. The molecule has 0 bridgehead atoms. The number of rotatable bonds is 5. The van der Waals surface area contributed by atoms with Crippen LogP contribution < -0.4 is 5.32 Å². The van der Waals surface area contributed by atoms with Gasteiger partial charge in [0.15, 0.2) is 0 Å². The molecule has 1 rings (SSSR count). The third kappa shape index (κ3) is 6.17. The van der Waals surface area contributed by atoms with E-state index < -0.39 is 11.7 Å². The number of hydrogen-bond acceptors (Lipinski definition) is 5. The largest absolute Gasteiger partial charge is 0.444 e. The van der Waals surface area contributed by atoms with Crippen LogP contribution in [0.15, 0.2) is 29.6 Å². The van der Waals surface area contributed by atoms with E-state index in [1.807, 2.05) is 26.8 Å². The van der Waals surface area contributed by atoms with Crippen LogP contribution in [0.25, 0.3) is 0 Å². The summed E-state index contributed by atoms with van der Waals surface area (Å²) in [5.74, 6) is 0. The van der Waals surface area contributed by atoms with E-state index in [1.165, 1.54) is 0 Å². The van der Waals surface area contributed by atoms with Crippen molar-refractivity contribution in [1.82, 2.24) is 10.3 Å². The molecule has 0 atom stereocenters. The highest BCUT2D eigenvalue weighted by atomic mass is 16.6. The van der Waals surface area contributed by atoms with Crippen LogP contribution in [0.2, 0.25) is 0 Å². The molecule has 1 heterocycles. The molecule has 1 aromatic rings. The van der Waals surface area contributed by atoms with Crippen molar-refractivity contribution >= 4 is 11.8 Å². The number of oxime groups is 1. The lowest BCUT2D eigenvalue weighted by molar-refractivity contribution is 0.0527. The molecule has 0 radical (unpaired) electrons. The Morgan fingerprint density at radius 2 is 2.20 bits per heavy atom. The van der Waals surface area contributed by atoms with Gasteiger partial charge in [-0.05, 0) is 45.7 Å². The van der Waals surface area contributed by atoms with E-state index in [0.717, 1.165) is 0 Å². The van der Waals surface area contributed by atoms with Gasteiger partial charge in [-0.3, -0.25) is 4.98 Å². The van der Waals surface area contributed by atoms with E-state index in [4.69, 9.17) is 9.94 Å². The zero-order valence-electron chi connectivity index (χ0n) is 12.1. The third-order valence-corrected chi connectivity index (χ3v) is 2.34. The minimum absolute atomic E-state index is 0.445. The Bertz CT molecular complexity index is 452. The van der Waals surface area contributed by atoms with Crippen molar-refractivity contribution in [2.45, 2.75) is 39.2 Å². The first-order chi connectivity index (χ1) is 9.42. The van der Waals surface area contributed by atoms with E-state index in [9.17, 15) is 4.79 Å². The number of hydrogen-bond donors (Lipinski definition) is 2. The smallest absolute Gasteiger partial charge is 0.407 e. The van der Waals surface area contributed by atoms with Gasteiger partial charge in [-0.15, -0.1) is 0 Å². The zero-order chi connectivity index (χ0) is 15.0. The van der Waals surface area contributed by atoms with Crippen LogP contribution in [0.1, 0.15) is 39.3 Å². The quantitative estimate of drug-likeness (QED) is 0.375. The second-order valence-corrected chi connectivity index (χ2v) is 5.29. The van der Waals surface area contributed by atoms with Gasteiger partial charge in [-0.2, -0.15) is 0 Å². The number of aromatic nitrogens is 1. The number of ether oxygens (including phenoxy) is 1. The molecule has 6 nitrogen and oxygen atoms in total. The van der Waals surface area contributed by atoms with E-state index in [1.54, 1.807) is 18.3 Å². The molecule has 0 saturated heterocycles. The fourth-order valence-electron chi connectivity index (χ4n) is 1.52. The van der Waals surface area contributed by atoms with Crippen LogP contribution >= 0.6 is 0 Å². The summed E-state index contributed by atoms with van der Waals surface area (Å²) in [4.78, 5) is 15.5. The Kier molecular flexibility index (Phi) is 5.96. The summed E-state index contributed by atoms with van der Waals surface area (Å²) in [5.41, 5.74) is 0.624. The minimum atomic E-state index is -0.504. The lowest BCUT2D eigenvalue weighted by atomic mass is 10.1. The zero-order valence-corrected chi connectivity index (χ0v) is 12.1. The lowest BCUT2D eigenvalue weighted by Gasteiger charge is -2.19. The summed E-state index contributed by atoms with van der Waals surface area (Å²) >= 11 is 0. The van der Waals surface area contributed by atoms with Crippen LogP contribution in [0.3, 0.4) is 0 Å². The Hall–Kier alpha value is -2.11. The molecule has 0 fully saturated rings. The van der Waals surface area contributed by atoms with Gasteiger partial charge in [0.05, 0.1) is 5.69 Å². The predicted octanol–water partition coefficient (Wildman–Crippen LogP) is 2.56. The number of carbonyl (C=O) groups is 1. The Morgan fingerprint density at radius 1 is 1.45 bits per heavy atom. The molecule has 0 aliphatic rings. The number of nitrogens with zero attached hydrogens (tertiary/aromatic N) is 2. The molecule has 0 aliphatic heterocycles. The minimum Gasteiger partial charge on any atom is -0.444 e. The van der Waals surface area contributed by atoms with E-state index >= 15 is 0 Å². The topological polar surface area (TPSA) is 83.8 Å². The van der Waals surface area contributed by atoms with E-state index in [2.05, 4.69) is 15.5 Å². The van der Waals surface area contributed by atoms with Gasteiger partial charge in [-0.25, -0.2) is 4.79 Å². The molecule has 0 aliphatic carbocycles. The fourth-order valence-corrected chi connectivity index (χ4v) is 1.52. The first-order valence-corrected chi connectivity index (χ1v) is 6.51. The van der Waals surface area contributed by atoms with Gasteiger partial charge >= 0.3 is 6.09 Å². The molecule has 2 N–H and O–H groups in total. The monoisotopic (exact) mass is 279 g/mol. The highest BCUT2D eigenvalue weighted by Crippen LogP contribution is 2.07. The summed E-state index contributed by atoms with van der Waals surface area (Å²) in [7, 11) is 0. The SMILES string of the molecule is CC(C)(C)OC(=O)NCCCC(=NO)c1ccccn1. The summed E-state index contributed by atoms with van der Waals surface area (Å²) in [6, 6.07) is 5.39. The van der Waals surface area contributed by atoms with Crippen molar-refractivity contribution in [3.8, 4) is 0 Å². The van der Waals surface area contributed by atoms with Gasteiger partial charge in [0.1, 0.15) is 11.3 Å². The molecule has 1 aromatic heterocycles. The van der Waals surface area contributed by atoms with Gasteiger partial charge in [-0.1, -0.05) is 11.2 Å². The van der Waals surface area contributed by atoms with Crippen LogP contribution in [0, 0.1) is 0 Å². The summed E-state index contributed by atoms with van der Waals surface area (Å²) < 4.78 is 5.11. The number of carbonyl (C=O) groups excluding carboxylic acids is 1. The Labute approximate surface area is 118 Å². The van der Waals surface area contributed by atoms with Gasteiger partial charge in [0.25, 0.3) is 0 Å². The van der Waals surface area contributed by atoms with Crippen molar-refractivity contribution < 1.29 is 14.7 Å². The standard InChI is InChI=1S/C14H21N3O3/c1-14(2,3)20-13(18)16-10-6-8-12(17-19)11-7-4-5-9-15-11/h4-5,7,9,19H,6,8,10H2,1-3H3,(H,16,18). The van der Waals surface area contributed by atoms with Gasteiger partial charge < -0.3 is 15.3 Å². The van der Waals surface area contributed by atoms with Crippen molar-refractivity contribution in [2.75, 3.05) is 6.54 Å². The van der Waals surface area contributed by atoms with Crippen LogP contribution in [0.4, 0.5) is 4.79 Å². The maximum atomic E-state index is 11.4. The van der Waals surface area contributed by atoms with Crippen molar-refractivity contribution in [2.24, 2.45) is 5.16 Å². The van der Waals surface area contributed by atoms with Crippen molar-refractivity contribution in [3.63, 3.8) is 0 Å². The lowest BCUT2D eigenvalue weighted by Crippen LogP contribution is -2.33. The highest BCUT2D eigenvalue weighted by Gasteiger charge is 2.15. The number of amides is 1. The molecule has 0 unspecified atom stereocenters. The average molecular weight is 279 g/mol. The highest BCUT2D eigenvalue weighted by molar-refractivity contribution is 5.98. The van der Waals surface area contributed by atoms with Crippen LogP contribution in [0.5, 0.6) is 0 Å². The van der Waals surface area contributed by atoms with Crippen molar-refractivity contribution in [3.05, 3.63) is 30.1 Å². The van der Waals surface area contributed by atoms with Crippen LogP contribution in [-0.4, -0.2) is 34.1 Å². The third-order valence-electron chi connectivity index (χ3n) is 2.34. The van der Waals surface area contributed by atoms with E-state index in [-0.39, 0.29) is 0 Å². The maximum Gasteiger partial charge on any atom is 0.407 e. The molecule has 0 saturated carbocycles. The number of pyridine rings is 1. The molecule has 0 spiro atoms. The molecular formula is C14H21N3O3. The Balaban J connectivity index is 2.32. The van der Waals surface area contributed by atoms with Gasteiger partial charge in [0, 0.05) is 12.7 Å². The van der Waals surface area contributed by atoms with Crippen molar-refractivity contribution in [1.29, 1.82) is 0 Å². The first kappa shape index (κ1) is 15.9. The Morgan fingerprint density at radius 3 is 2.75 bits per heavy atom. The molecular weight excluding hydrogens is 258 g/mol. The molecule has 20 heavy (non-hydrogen) atoms. The number of alkyl carbamates (subject to hydrolysis) is 1. The summed E-state index contributed by atoms with van der Waals surface area (Å²) in [6.07, 6.45) is 2.34.